The van der Waals surface area contributed by atoms with Gasteiger partial charge < -0.3 is 61.1 Å². The molecule has 28 nitrogen and oxygen atoms in total. The van der Waals surface area contributed by atoms with Crippen LogP contribution in [0.4, 0.5) is 78.1 Å². The zero-order valence-electron chi connectivity index (χ0n) is 70.3. The Morgan fingerprint density at radius 3 is 0.893 bits per heavy atom. The molecule has 0 saturated carbocycles. The van der Waals surface area contributed by atoms with Gasteiger partial charge in [-0.1, -0.05) is 48.5 Å². The van der Waals surface area contributed by atoms with Crippen LogP contribution in [-0.2, 0) is 4.74 Å². The topological polar surface area (TPSA) is 272 Å². The van der Waals surface area contributed by atoms with E-state index in [0.29, 0.717) is 48.4 Å². The molecule has 16 aromatic rings. The van der Waals surface area contributed by atoms with Gasteiger partial charge in [-0.2, -0.15) is 20.4 Å². The van der Waals surface area contributed by atoms with Crippen molar-refractivity contribution in [3.8, 4) is 0 Å². The van der Waals surface area contributed by atoms with E-state index < -0.39 is 0 Å². The van der Waals surface area contributed by atoms with E-state index in [1.807, 2.05) is 92.3 Å². The normalized spacial score (nSPS) is 14.9. The molecule has 8 aromatic carbocycles. The number of piperazine rings is 3. The van der Waals surface area contributed by atoms with Crippen molar-refractivity contribution < 1.29 is 13.5 Å². The van der Waals surface area contributed by atoms with Crippen LogP contribution in [0.3, 0.4) is 0 Å². The highest BCUT2D eigenvalue weighted by Crippen LogP contribution is 2.36. The van der Waals surface area contributed by atoms with Gasteiger partial charge in [-0.15, -0.1) is 0 Å². The monoisotopic (exact) mass is 1630 g/mol. The number of aryl methyl sites for hydroxylation is 2. The molecule has 121 heavy (non-hydrogen) atoms. The van der Waals surface area contributed by atoms with Crippen molar-refractivity contribution in [1.82, 2.24) is 94.5 Å². The molecule has 4 aliphatic heterocycles. The van der Waals surface area contributed by atoms with Crippen LogP contribution >= 0.6 is 0 Å². The van der Waals surface area contributed by atoms with Gasteiger partial charge in [0, 0.05) is 218 Å². The SMILES string of the molecule is CC(C)n1ncc2ccc3cnc(Nc4ccc(N5CCNCC5)cc4F)nc3c21.CC(C)n1ncc2ccc3cnc(Nc4ccc(N5CCOCC5)cc4F)nc3c21.Cc1cc(N2CCN(C)CC2)ccc1Nc1ncc2ccc3cnn(C(C)C)c3c2n1.Cc1cc(N2CCNCC2)ccc1Nc1ncc2ccc3cnn(C(C)C)c3c2n1. The first-order valence-electron chi connectivity index (χ1n) is 41.9. The van der Waals surface area contributed by atoms with E-state index >= 15 is 0 Å². The number of nitrogens with zero attached hydrogens (tertiary/aromatic N) is 21. The zero-order chi connectivity index (χ0) is 83.5. The molecule has 0 spiro atoms. The molecule has 8 aromatic heterocycles. The molecule has 12 heterocycles. The van der Waals surface area contributed by atoms with Gasteiger partial charge in [0.05, 0.1) is 71.4 Å². The van der Waals surface area contributed by atoms with Gasteiger partial charge in [-0.25, -0.2) is 48.7 Å². The second-order valence-corrected chi connectivity index (χ2v) is 32.5. The highest BCUT2D eigenvalue weighted by Gasteiger charge is 2.23. The Kier molecular flexibility index (Phi) is 23.4. The summed E-state index contributed by atoms with van der Waals surface area (Å²) < 4.78 is 42.9. The Morgan fingerprint density at radius 1 is 0.322 bits per heavy atom. The quantitative estimate of drug-likeness (QED) is 0.0525. The van der Waals surface area contributed by atoms with E-state index in [2.05, 4.69) is 234 Å². The first-order chi connectivity index (χ1) is 58.8. The van der Waals surface area contributed by atoms with Gasteiger partial charge >= 0.3 is 0 Å². The molecular weight excluding hydrogens is 1530 g/mol. The number of fused-ring (bicyclic) bond motifs is 12. The molecule has 30 heteroatoms. The molecular formula is C91H103F2N27O. The summed E-state index contributed by atoms with van der Waals surface area (Å²) >= 11 is 0. The standard InChI is InChI=1S/C24H29N7.C23H27N7.C22H24FN7.C22H23FN6O/c1-16(2)31-23-19(15-26-31)6-5-18-14-25-24(28-22(18)23)27-21-8-7-20(13-17(21)3)30-11-9-29(4)10-12-30;1-15(2)30-22-18(14-26-30)5-4-17-13-25-23(28-21(17)22)27-20-7-6-19(12-16(20)3)29-10-8-24-9-11-29;1-14(2)30-21-16(13-26-30)4-3-15-12-25-22(28-20(15)21)27-19-6-5-17(11-18(19)23)29-9-7-24-8-10-29;1-14(2)29-21-16(13-25-29)4-3-15-12-24-22(27-20(15)21)26-19-6-5-17(11-18(19)23)28-7-9-30-10-8-28/h5-8,13-16H,9-12H2,1-4H3,(H,25,27,28);4-7,12-15,24H,8-11H2,1-3H3,(H,25,27,28);3-6,11-14,24H,7-10H2,1-2H3,(H,25,27,28);3-6,11-14H,7-10H2,1-2H3,(H,24,26,27). The molecule has 0 unspecified atom stereocenters. The largest absolute Gasteiger partial charge is 0.378 e. The Bertz CT molecular complexity index is 5950. The third-order valence-electron chi connectivity index (χ3n) is 22.7. The number of rotatable bonds is 16. The number of hydrogen-bond acceptors (Lipinski definition) is 24. The molecule has 0 bridgehead atoms. The molecule has 0 aliphatic carbocycles. The second-order valence-electron chi connectivity index (χ2n) is 32.5. The van der Waals surface area contributed by atoms with Gasteiger partial charge in [0.2, 0.25) is 23.8 Å². The van der Waals surface area contributed by atoms with Crippen molar-refractivity contribution in [3.63, 3.8) is 0 Å². The van der Waals surface area contributed by atoms with Crippen LogP contribution in [0.15, 0.2) is 171 Å². The summed E-state index contributed by atoms with van der Waals surface area (Å²) in [6.07, 6.45) is 14.8. The number of anilines is 12. The van der Waals surface area contributed by atoms with Crippen LogP contribution in [0.5, 0.6) is 0 Å². The van der Waals surface area contributed by atoms with E-state index in [1.54, 1.807) is 36.7 Å². The predicted octanol–water partition coefficient (Wildman–Crippen LogP) is 16.5. The molecule has 622 valence electrons. The lowest BCUT2D eigenvalue weighted by Crippen LogP contribution is -2.44. The van der Waals surface area contributed by atoms with Crippen LogP contribution in [0.25, 0.3) is 87.2 Å². The number of nitrogens with one attached hydrogen (secondary N) is 6. The maximum Gasteiger partial charge on any atom is 0.227 e. The molecule has 0 radical (unpaired) electrons. The first-order valence-corrected chi connectivity index (χ1v) is 41.9. The minimum Gasteiger partial charge on any atom is -0.378 e. The highest BCUT2D eigenvalue weighted by molar-refractivity contribution is 6.06. The van der Waals surface area contributed by atoms with Gasteiger partial charge in [-0.05, 0) is 160 Å². The smallest absolute Gasteiger partial charge is 0.227 e. The Labute approximate surface area is 700 Å². The lowest BCUT2D eigenvalue weighted by Gasteiger charge is -2.34. The van der Waals surface area contributed by atoms with Gasteiger partial charge in [-0.3, -0.25) is 18.7 Å². The minimum absolute atomic E-state index is 0.199. The summed E-state index contributed by atoms with van der Waals surface area (Å²) in [5, 5.41) is 45.8. The van der Waals surface area contributed by atoms with E-state index in [9.17, 15) is 8.78 Å². The molecule has 0 atom stereocenters. The number of morpholine rings is 1. The van der Waals surface area contributed by atoms with E-state index in [1.165, 1.54) is 22.5 Å². The van der Waals surface area contributed by atoms with Crippen LogP contribution in [0.2, 0.25) is 0 Å². The van der Waals surface area contributed by atoms with Crippen LogP contribution in [-0.4, -0.2) is 196 Å². The van der Waals surface area contributed by atoms with Gasteiger partial charge in [0.25, 0.3) is 0 Å². The van der Waals surface area contributed by atoms with E-state index in [4.69, 9.17) is 24.7 Å². The Balaban J connectivity index is 0.000000115. The van der Waals surface area contributed by atoms with Crippen LogP contribution in [0.1, 0.15) is 90.7 Å². The summed E-state index contributed by atoms with van der Waals surface area (Å²) in [4.78, 5) is 48.5. The van der Waals surface area contributed by atoms with Crippen molar-refractivity contribution in [1.29, 1.82) is 0 Å². The highest BCUT2D eigenvalue weighted by atomic mass is 19.1. The number of ether oxygens (including phenoxy) is 1. The predicted molar refractivity (Wildman–Crippen MR) is 484 cm³/mol. The van der Waals surface area contributed by atoms with E-state index in [-0.39, 0.29) is 35.8 Å². The third-order valence-corrected chi connectivity index (χ3v) is 22.7. The van der Waals surface area contributed by atoms with Gasteiger partial charge in [0.1, 0.15) is 33.7 Å². The molecule has 4 saturated heterocycles. The van der Waals surface area contributed by atoms with Crippen LogP contribution < -0.4 is 51.5 Å². The maximum absolute atomic E-state index is 14.8. The molecule has 4 fully saturated rings. The number of aromatic nitrogens is 16. The molecule has 6 N–H and O–H groups in total. The summed E-state index contributed by atoms with van der Waals surface area (Å²) in [6, 6.07) is 40.8. The average molecular weight is 1630 g/mol. The van der Waals surface area contributed by atoms with Crippen LogP contribution in [0, 0.1) is 25.5 Å². The number of likely N-dealkylation sites (N-methyl/N-ethyl adjacent to an activating group) is 1. The number of benzene rings is 8. The lowest BCUT2D eigenvalue weighted by atomic mass is 10.1. The summed E-state index contributed by atoms with van der Waals surface area (Å²) in [5.41, 5.74) is 16.9. The summed E-state index contributed by atoms with van der Waals surface area (Å²) in [6.45, 7) is 36.0. The zero-order valence-corrected chi connectivity index (χ0v) is 70.3. The molecule has 0 amide bonds. The lowest BCUT2D eigenvalue weighted by molar-refractivity contribution is 0.122. The van der Waals surface area contributed by atoms with Crippen molar-refractivity contribution in [2.45, 2.75) is 93.4 Å². The summed E-state index contributed by atoms with van der Waals surface area (Å²) in [5.74, 6) is 1.26. The number of halogens is 2. The fraction of sp³-hybridized carbons (Fsp3) is 0.341. The number of hydrogen-bond donors (Lipinski definition) is 6. The van der Waals surface area contributed by atoms with Crippen molar-refractivity contribution in [3.05, 3.63) is 194 Å². The maximum atomic E-state index is 14.8. The average Bonchev–Trinajstić information content (AvgIpc) is 1.67. The van der Waals surface area contributed by atoms with Gasteiger partial charge in [0.15, 0.2) is 0 Å². The fourth-order valence-corrected chi connectivity index (χ4v) is 16.1. The Morgan fingerprint density at radius 2 is 0.595 bits per heavy atom. The minimum atomic E-state index is -0.340. The first kappa shape index (κ1) is 80.5. The Hall–Kier alpha value is -12.9. The van der Waals surface area contributed by atoms with Crippen molar-refractivity contribution >= 4 is 157 Å². The second kappa shape index (κ2) is 35.2. The molecule has 4 aliphatic rings. The van der Waals surface area contributed by atoms with E-state index in [0.717, 1.165) is 202 Å². The van der Waals surface area contributed by atoms with Crippen molar-refractivity contribution in [2.24, 2.45) is 0 Å². The molecule has 20 rings (SSSR count). The summed E-state index contributed by atoms with van der Waals surface area (Å²) in [7, 11) is 2.18. The fourth-order valence-electron chi connectivity index (χ4n) is 16.1. The third kappa shape index (κ3) is 17.4. The van der Waals surface area contributed by atoms with Crippen molar-refractivity contribution in [2.75, 3.05) is 153 Å².